The number of aromatic amines is 1. The SMILES string of the molecule is CC1=C(C2CC2)N=C2C=CC(c3ccc[nH]c3=O)=C[NH+]21.[Br-]. The van der Waals surface area contributed by atoms with Gasteiger partial charge in [-0.15, -0.1) is 0 Å². The average molecular weight is 346 g/mol. The van der Waals surface area contributed by atoms with Gasteiger partial charge in [0.25, 0.3) is 5.56 Å². The first-order valence-electron chi connectivity index (χ1n) is 6.99. The first kappa shape index (κ1) is 14.2. The van der Waals surface area contributed by atoms with E-state index in [1.54, 1.807) is 6.20 Å². The molecule has 1 aromatic heterocycles. The van der Waals surface area contributed by atoms with E-state index >= 15 is 0 Å². The minimum atomic E-state index is -0.0496. The summed E-state index contributed by atoms with van der Waals surface area (Å²) in [6.45, 7) is 2.14. The molecule has 1 aromatic rings. The van der Waals surface area contributed by atoms with Crippen molar-refractivity contribution in [2.45, 2.75) is 19.8 Å². The van der Waals surface area contributed by atoms with Crippen LogP contribution < -0.4 is 27.4 Å². The Labute approximate surface area is 133 Å². The number of aliphatic imine (C=N–C) groups is 1. The molecule has 4 rings (SSSR count). The van der Waals surface area contributed by atoms with Gasteiger partial charge in [-0.3, -0.25) is 4.79 Å². The van der Waals surface area contributed by atoms with Gasteiger partial charge in [0.05, 0.1) is 5.56 Å². The lowest BCUT2D eigenvalue weighted by Gasteiger charge is -2.14. The van der Waals surface area contributed by atoms with E-state index in [2.05, 4.69) is 18.1 Å². The van der Waals surface area contributed by atoms with E-state index in [0.717, 1.165) is 11.4 Å². The van der Waals surface area contributed by atoms with E-state index in [-0.39, 0.29) is 22.5 Å². The highest BCUT2D eigenvalue weighted by atomic mass is 79.9. The molecule has 2 aliphatic heterocycles. The van der Waals surface area contributed by atoms with E-state index in [0.29, 0.717) is 11.5 Å². The summed E-state index contributed by atoms with van der Waals surface area (Å²) >= 11 is 0. The Morgan fingerprint density at radius 2 is 2.14 bits per heavy atom. The molecule has 1 unspecified atom stereocenters. The van der Waals surface area contributed by atoms with Gasteiger partial charge in [0, 0.05) is 30.7 Å². The average Bonchev–Trinajstić information content (AvgIpc) is 3.25. The summed E-state index contributed by atoms with van der Waals surface area (Å²) in [4.78, 5) is 20.5. The highest BCUT2D eigenvalue weighted by Gasteiger charge is 2.37. The van der Waals surface area contributed by atoms with Gasteiger partial charge < -0.3 is 22.0 Å². The minimum Gasteiger partial charge on any atom is -1.00 e. The molecule has 1 aliphatic carbocycles. The van der Waals surface area contributed by atoms with E-state index in [1.165, 1.54) is 29.1 Å². The van der Waals surface area contributed by atoms with E-state index < -0.39 is 0 Å². The zero-order valence-corrected chi connectivity index (χ0v) is 13.3. The van der Waals surface area contributed by atoms with Gasteiger partial charge in [0.1, 0.15) is 17.6 Å². The fourth-order valence-corrected chi connectivity index (χ4v) is 2.86. The fourth-order valence-electron chi connectivity index (χ4n) is 2.86. The van der Waals surface area contributed by atoms with Gasteiger partial charge in [0.2, 0.25) is 5.84 Å². The topological polar surface area (TPSA) is 49.7 Å². The predicted molar refractivity (Wildman–Crippen MR) is 78.0 cm³/mol. The van der Waals surface area contributed by atoms with Crippen molar-refractivity contribution in [3.8, 4) is 0 Å². The predicted octanol–water partition coefficient (Wildman–Crippen LogP) is -1.77. The molecule has 0 amide bonds. The van der Waals surface area contributed by atoms with Crippen molar-refractivity contribution >= 4 is 11.4 Å². The van der Waals surface area contributed by atoms with Crippen LogP contribution in [0.2, 0.25) is 0 Å². The monoisotopic (exact) mass is 345 g/mol. The molecule has 1 fully saturated rings. The Balaban J connectivity index is 0.00000132. The summed E-state index contributed by atoms with van der Waals surface area (Å²) in [7, 11) is 0. The van der Waals surface area contributed by atoms with Crippen LogP contribution in [0.15, 0.2) is 57.9 Å². The first-order valence-corrected chi connectivity index (χ1v) is 6.99. The number of allylic oxidation sites excluding steroid dienone is 4. The second-order valence-electron chi connectivity index (χ2n) is 5.54. The van der Waals surface area contributed by atoms with Crippen LogP contribution >= 0.6 is 0 Å². The Morgan fingerprint density at radius 1 is 1.33 bits per heavy atom. The second-order valence-corrected chi connectivity index (χ2v) is 5.54. The van der Waals surface area contributed by atoms with Crippen molar-refractivity contribution in [1.82, 2.24) is 4.98 Å². The molecule has 0 radical (unpaired) electrons. The Hall–Kier alpha value is -1.72. The summed E-state index contributed by atoms with van der Waals surface area (Å²) in [6, 6.07) is 3.71. The smallest absolute Gasteiger partial charge is 0.256 e. The largest absolute Gasteiger partial charge is 1.00 e. The van der Waals surface area contributed by atoms with Gasteiger partial charge in [-0.2, -0.15) is 4.99 Å². The summed E-state index contributed by atoms with van der Waals surface area (Å²) in [5, 5.41) is 0. The molecule has 2 N–H and O–H groups in total. The number of rotatable bonds is 2. The van der Waals surface area contributed by atoms with Gasteiger partial charge >= 0.3 is 0 Å². The number of quaternary nitrogens is 1. The Bertz CT molecular complexity index is 766. The molecule has 1 atom stereocenters. The molecule has 0 bridgehead atoms. The number of fused-ring (bicyclic) bond motifs is 1. The fraction of sp³-hybridized carbons (Fsp3) is 0.250. The van der Waals surface area contributed by atoms with E-state index in [9.17, 15) is 4.79 Å². The lowest BCUT2D eigenvalue weighted by atomic mass is 10.1. The van der Waals surface area contributed by atoms with Crippen molar-refractivity contribution in [2.24, 2.45) is 10.9 Å². The summed E-state index contributed by atoms with van der Waals surface area (Å²) < 4.78 is 0. The van der Waals surface area contributed by atoms with Crippen molar-refractivity contribution in [1.29, 1.82) is 0 Å². The number of hydrogen-bond donors (Lipinski definition) is 2. The zero-order chi connectivity index (χ0) is 13.7. The lowest BCUT2D eigenvalue weighted by Crippen LogP contribution is -3.07. The number of hydrogen-bond acceptors (Lipinski definition) is 2. The molecule has 3 aliphatic rings. The van der Waals surface area contributed by atoms with Gasteiger partial charge in [-0.1, -0.05) is 0 Å². The minimum absolute atomic E-state index is 0. The standard InChI is InChI=1S/C16H15N3O.BrH/c1-10-15(11-4-5-11)18-14-7-6-12(9-19(10)14)13-3-2-8-17-16(13)20;/h2-3,6-9,11H,4-5H2,1H3,(H,17,20);1H. The number of aromatic nitrogens is 1. The highest BCUT2D eigenvalue weighted by Crippen LogP contribution is 2.39. The molecule has 5 heteroatoms. The zero-order valence-electron chi connectivity index (χ0n) is 11.7. The van der Waals surface area contributed by atoms with Gasteiger partial charge in [0.15, 0.2) is 0 Å². The first-order chi connectivity index (χ1) is 9.74. The van der Waals surface area contributed by atoms with Crippen LogP contribution in [0, 0.1) is 5.92 Å². The van der Waals surface area contributed by atoms with Crippen LogP contribution in [0.5, 0.6) is 0 Å². The number of H-pyrrole nitrogens is 1. The quantitative estimate of drug-likeness (QED) is 0.654. The summed E-state index contributed by atoms with van der Waals surface area (Å²) in [6.07, 6.45) is 10.3. The van der Waals surface area contributed by atoms with Crippen LogP contribution in [0.4, 0.5) is 0 Å². The Kier molecular flexibility index (Phi) is 3.55. The molecule has 0 spiro atoms. The third-order valence-electron chi connectivity index (χ3n) is 4.12. The van der Waals surface area contributed by atoms with E-state index in [4.69, 9.17) is 4.99 Å². The molecular weight excluding hydrogens is 330 g/mol. The Morgan fingerprint density at radius 3 is 2.86 bits per heavy atom. The van der Waals surface area contributed by atoms with E-state index in [1.807, 2.05) is 24.3 Å². The lowest BCUT2D eigenvalue weighted by molar-refractivity contribution is -0.695. The molecule has 1 saturated carbocycles. The maximum atomic E-state index is 11.9. The van der Waals surface area contributed by atoms with Crippen LogP contribution in [0.3, 0.4) is 0 Å². The van der Waals surface area contributed by atoms with Gasteiger partial charge in [-0.05, 0) is 31.1 Å². The molecule has 0 saturated heterocycles. The third-order valence-corrected chi connectivity index (χ3v) is 4.12. The van der Waals surface area contributed by atoms with Crippen molar-refractivity contribution in [3.63, 3.8) is 0 Å². The number of nitrogens with zero attached hydrogens (tertiary/aromatic N) is 1. The molecule has 3 heterocycles. The molecular formula is C16H16BrN3O. The second kappa shape index (κ2) is 5.24. The van der Waals surface area contributed by atoms with Crippen LogP contribution in [0.25, 0.3) is 5.57 Å². The summed E-state index contributed by atoms with van der Waals surface area (Å²) in [5.74, 6) is 1.70. The van der Waals surface area contributed by atoms with Crippen LogP contribution in [-0.4, -0.2) is 10.8 Å². The molecule has 108 valence electrons. The molecule has 4 nitrogen and oxygen atoms in total. The number of halogens is 1. The van der Waals surface area contributed by atoms with Crippen LogP contribution in [-0.2, 0) is 0 Å². The van der Waals surface area contributed by atoms with Crippen molar-refractivity contribution in [3.05, 3.63) is 64.0 Å². The third kappa shape index (κ3) is 2.36. The van der Waals surface area contributed by atoms with Crippen LogP contribution in [0.1, 0.15) is 25.3 Å². The molecule has 0 aromatic carbocycles. The summed E-state index contributed by atoms with van der Waals surface area (Å²) in [5.41, 5.74) is 4.14. The number of nitrogens with one attached hydrogen (secondary N) is 2. The number of pyridine rings is 1. The normalized spacial score (nSPS) is 23.4. The van der Waals surface area contributed by atoms with Crippen molar-refractivity contribution < 1.29 is 21.9 Å². The highest BCUT2D eigenvalue weighted by molar-refractivity contribution is 5.94. The van der Waals surface area contributed by atoms with Gasteiger partial charge in [-0.25, -0.2) is 4.90 Å². The maximum absolute atomic E-state index is 11.9. The van der Waals surface area contributed by atoms with Crippen molar-refractivity contribution in [2.75, 3.05) is 0 Å². The molecule has 21 heavy (non-hydrogen) atoms. The number of amidine groups is 1. The maximum Gasteiger partial charge on any atom is 0.256 e.